The Balaban J connectivity index is 1.72. The molecule has 2 rings (SSSR count). The summed E-state index contributed by atoms with van der Waals surface area (Å²) in [4.78, 5) is 37.5. The Morgan fingerprint density at radius 2 is 1.76 bits per heavy atom. The first-order valence-electron chi connectivity index (χ1n) is 8.32. The second kappa shape index (κ2) is 8.85. The SMILES string of the molecule is C[C@@H]1C[C@@H](C)CN(C(=O)COC(=O)CNC(=O)c2ccc(Cl)cc2)C1. The van der Waals surface area contributed by atoms with Gasteiger partial charge in [0.05, 0.1) is 0 Å². The first-order valence-corrected chi connectivity index (χ1v) is 8.70. The highest BCUT2D eigenvalue weighted by molar-refractivity contribution is 6.30. The minimum absolute atomic E-state index is 0.198. The molecule has 0 aliphatic carbocycles. The van der Waals surface area contributed by atoms with Gasteiger partial charge in [-0.25, -0.2) is 0 Å². The van der Waals surface area contributed by atoms with E-state index in [9.17, 15) is 14.4 Å². The molecular formula is C18H23ClN2O4. The van der Waals surface area contributed by atoms with E-state index < -0.39 is 11.9 Å². The molecule has 25 heavy (non-hydrogen) atoms. The Morgan fingerprint density at radius 1 is 1.16 bits per heavy atom. The molecule has 0 saturated carbocycles. The second-order valence-corrected chi connectivity index (χ2v) is 7.03. The normalized spacial score (nSPS) is 20.0. The van der Waals surface area contributed by atoms with Crippen LogP contribution in [0.15, 0.2) is 24.3 Å². The summed E-state index contributed by atoms with van der Waals surface area (Å²) in [7, 11) is 0. The third-order valence-electron chi connectivity index (χ3n) is 4.08. The molecule has 1 aromatic carbocycles. The van der Waals surface area contributed by atoms with Gasteiger partial charge >= 0.3 is 5.97 Å². The van der Waals surface area contributed by atoms with Gasteiger partial charge in [-0.3, -0.25) is 14.4 Å². The highest BCUT2D eigenvalue weighted by Crippen LogP contribution is 2.20. The van der Waals surface area contributed by atoms with Crippen LogP contribution in [0.3, 0.4) is 0 Å². The van der Waals surface area contributed by atoms with Crippen molar-refractivity contribution in [2.45, 2.75) is 20.3 Å². The van der Waals surface area contributed by atoms with E-state index in [4.69, 9.17) is 16.3 Å². The molecule has 2 amide bonds. The van der Waals surface area contributed by atoms with Gasteiger partial charge in [0, 0.05) is 23.7 Å². The molecule has 6 nitrogen and oxygen atoms in total. The first-order chi connectivity index (χ1) is 11.8. The fourth-order valence-corrected chi connectivity index (χ4v) is 3.13. The summed E-state index contributed by atoms with van der Waals surface area (Å²) in [6.45, 7) is 5.00. The molecule has 1 heterocycles. The second-order valence-electron chi connectivity index (χ2n) is 6.60. The predicted molar refractivity (Wildman–Crippen MR) is 94.3 cm³/mol. The summed E-state index contributed by atoms with van der Waals surface area (Å²) in [5.74, 6) is -0.354. The number of nitrogens with one attached hydrogen (secondary N) is 1. The number of piperidine rings is 1. The van der Waals surface area contributed by atoms with Crippen LogP contribution in [-0.4, -0.2) is 48.9 Å². The molecule has 1 aliphatic heterocycles. The summed E-state index contributed by atoms with van der Waals surface area (Å²) >= 11 is 5.76. The van der Waals surface area contributed by atoms with Gasteiger partial charge in [0.15, 0.2) is 6.61 Å². The van der Waals surface area contributed by atoms with Crippen molar-refractivity contribution in [1.82, 2.24) is 10.2 Å². The zero-order valence-electron chi connectivity index (χ0n) is 14.5. The van der Waals surface area contributed by atoms with E-state index in [1.54, 1.807) is 29.2 Å². The Labute approximate surface area is 152 Å². The minimum atomic E-state index is -0.645. The fraction of sp³-hybridized carbons (Fsp3) is 0.500. The number of rotatable bonds is 5. The van der Waals surface area contributed by atoms with Crippen molar-refractivity contribution in [2.24, 2.45) is 11.8 Å². The molecular weight excluding hydrogens is 344 g/mol. The molecule has 0 unspecified atom stereocenters. The van der Waals surface area contributed by atoms with Crippen molar-refractivity contribution in [3.05, 3.63) is 34.9 Å². The zero-order valence-corrected chi connectivity index (χ0v) is 15.2. The van der Waals surface area contributed by atoms with Crippen LogP contribution in [0.4, 0.5) is 0 Å². The van der Waals surface area contributed by atoms with Gasteiger partial charge in [0.1, 0.15) is 6.54 Å². The van der Waals surface area contributed by atoms with Crippen LogP contribution in [0.25, 0.3) is 0 Å². The molecule has 1 N–H and O–H groups in total. The zero-order chi connectivity index (χ0) is 18.4. The fourth-order valence-electron chi connectivity index (χ4n) is 3.01. The van der Waals surface area contributed by atoms with Crippen molar-refractivity contribution in [1.29, 1.82) is 0 Å². The smallest absolute Gasteiger partial charge is 0.325 e. The average Bonchev–Trinajstić information content (AvgIpc) is 2.57. The molecule has 0 radical (unpaired) electrons. The van der Waals surface area contributed by atoms with E-state index in [1.165, 1.54) is 0 Å². The van der Waals surface area contributed by atoms with E-state index >= 15 is 0 Å². The van der Waals surface area contributed by atoms with Crippen molar-refractivity contribution in [2.75, 3.05) is 26.2 Å². The Kier molecular flexibility index (Phi) is 6.82. The highest BCUT2D eigenvalue weighted by atomic mass is 35.5. The van der Waals surface area contributed by atoms with Gasteiger partial charge in [-0.2, -0.15) is 0 Å². The van der Waals surface area contributed by atoms with Crippen molar-refractivity contribution < 1.29 is 19.1 Å². The van der Waals surface area contributed by atoms with Crippen LogP contribution in [0.2, 0.25) is 5.02 Å². The maximum Gasteiger partial charge on any atom is 0.325 e. The van der Waals surface area contributed by atoms with Gasteiger partial charge in [0.25, 0.3) is 11.8 Å². The standard InChI is InChI=1S/C18H23ClN2O4/c1-12-7-13(2)10-21(9-12)16(22)11-25-17(23)8-20-18(24)14-3-5-15(19)6-4-14/h3-6,12-13H,7-11H2,1-2H3,(H,20,24)/t12-,13-/m1/s1. The van der Waals surface area contributed by atoms with Crippen LogP contribution in [0.5, 0.6) is 0 Å². The number of likely N-dealkylation sites (tertiary alicyclic amines) is 1. The highest BCUT2D eigenvalue weighted by Gasteiger charge is 2.25. The van der Waals surface area contributed by atoms with E-state index in [2.05, 4.69) is 19.2 Å². The number of amides is 2. The summed E-state index contributed by atoms with van der Waals surface area (Å²) in [5.41, 5.74) is 0.393. The number of hydrogen-bond donors (Lipinski definition) is 1. The number of nitrogens with zero attached hydrogens (tertiary/aromatic N) is 1. The molecule has 1 fully saturated rings. The van der Waals surface area contributed by atoms with Crippen LogP contribution < -0.4 is 5.32 Å². The maximum absolute atomic E-state index is 12.1. The van der Waals surface area contributed by atoms with Crippen molar-refractivity contribution >= 4 is 29.4 Å². The summed E-state index contributed by atoms with van der Waals surface area (Å²) in [5, 5.41) is 2.98. The maximum atomic E-state index is 12.1. The van der Waals surface area contributed by atoms with Gasteiger partial charge in [-0.05, 0) is 42.5 Å². The molecule has 0 spiro atoms. The molecule has 1 aromatic rings. The Morgan fingerprint density at radius 3 is 2.36 bits per heavy atom. The molecule has 0 aromatic heterocycles. The van der Waals surface area contributed by atoms with E-state index in [1.807, 2.05) is 0 Å². The van der Waals surface area contributed by atoms with Crippen molar-refractivity contribution in [3.8, 4) is 0 Å². The quantitative estimate of drug-likeness (QED) is 0.810. The molecule has 7 heteroatoms. The third-order valence-corrected chi connectivity index (χ3v) is 4.33. The predicted octanol–water partition coefficient (Wildman–Crippen LogP) is 2.12. The number of carbonyl (C=O) groups is 3. The number of carbonyl (C=O) groups excluding carboxylic acids is 3. The minimum Gasteiger partial charge on any atom is -0.454 e. The molecule has 136 valence electrons. The summed E-state index contributed by atoms with van der Waals surface area (Å²) < 4.78 is 4.97. The monoisotopic (exact) mass is 366 g/mol. The van der Waals surface area contributed by atoms with Gasteiger partial charge in [0.2, 0.25) is 0 Å². The van der Waals surface area contributed by atoms with E-state index in [0.717, 1.165) is 6.42 Å². The largest absolute Gasteiger partial charge is 0.454 e. The third kappa shape index (κ3) is 6.05. The Bertz CT molecular complexity index is 622. The summed E-state index contributed by atoms with van der Waals surface area (Å²) in [6, 6.07) is 6.30. The lowest BCUT2D eigenvalue weighted by molar-refractivity contribution is -0.152. The number of benzene rings is 1. The van der Waals surface area contributed by atoms with Gasteiger partial charge in [-0.1, -0.05) is 25.4 Å². The van der Waals surface area contributed by atoms with Crippen LogP contribution in [0, 0.1) is 11.8 Å². The lowest BCUT2D eigenvalue weighted by Gasteiger charge is -2.34. The van der Waals surface area contributed by atoms with Crippen LogP contribution in [0.1, 0.15) is 30.6 Å². The first kappa shape index (κ1) is 19.2. The van der Waals surface area contributed by atoms with E-state index in [-0.39, 0.29) is 19.1 Å². The lowest BCUT2D eigenvalue weighted by atomic mass is 9.92. The van der Waals surface area contributed by atoms with Gasteiger partial charge < -0.3 is 15.0 Å². The van der Waals surface area contributed by atoms with E-state index in [0.29, 0.717) is 35.5 Å². The van der Waals surface area contributed by atoms with Crippen LogP contribution in [-0.2, 0) is 14.3 Å². The molecule has 1 aliphatic rings. The lowest BCUT2D eigenvalue weighted by Crippen LogP contribution is -2.44. The molecule has 0 bridgehead atoms. The molecule has 1 saturated heterocycles. The number of halogens is 1. The van der Waals surface area contributed by atoms with Gasteiger partial charge in [-0.15, -0.1) is 0 Å². The van der Waals surface area contributed by atoms with Crippen molar-refractivity contribution in [3.63, 3.8) is 0 Å². The molecule has 2 atom stereocenters. The number of hydrogen-bond acceptors (Lipinski definition) is 4. The summed E-state index contributed by atoms with van der Waals surface area (Å²) in [6.07, 6.45) is 1.10. The average molecular weight is 367 g/mol. The number of esters is 1. The topological polar surface area (TPSA) is 75.7 Å². The van der Waals surface area contributed by atoms with Crippen LogP contribution >= 0.6 is 11.6 Å². The Hall–Kier alpha value is -2.08. The number of ether oxygens (including phenoxy) is 1.